The van der Waals surface area contributed by atoms with Gasteiger partial charge in [-0.15, -0.1) is 0 Å². The Hall–Kier alpha value is -3.56. The Balaban J connectivity index is 1.89. The average Bonchev–Trinajstić information content (AvgIpc) is 2.83. The summed E-state index contributed by atoms with van der Waals surface area (Å²) in [6.45, 7) is 1.35. The number of aromatic carboxylic acids is 1. The molecule has 3 aromatic carbocycles. The predicted octanol–water partition coefficient (Wildman–Crippen LogP) is 3.87. The van der Waals surface area contributed by atoms with Gasteiger partial charge in [0.1, 0.15) is 12.3 Å². The number of halogens is 1. The number of carbonyl (C=O) groups excluding carboxylic acids is 1. The normalized spacial score (nSPS) is 11.0. The monoisotopic (exact) mass is 502 g/mol. The molecule has 0 unspecified atom stereocenters. The van der Waals surface area contributed by atoms with E-state index in [1.54, 1.807) is 56.5 Å². The quantitative estimate of drug-likeness (QED) is 0.459. The molecular formula is C24H23ClN2O6S. The number of carboxylic acids is 1. The molecule has 34 heavy (non-hydrogen) atoms. The molecular weight excluding hydrogens is 480 g/mol. The minimum Gasteiger partial charge on any atom is -0.497 e. The van der Waals surface area contributed by atoms with Crippen molar-refractivity contribution in [1.29, 1.82) is 0 Å². The number of nitrogens with zero attached hydrogens (tertiary/aromatic N) is 1. The minimum absolute atomic E-state index is 0.0540. The van der Waals surface area contributed by atoms with Gasteiger partial charge < -0.3 is 15.2 Å². The molecule has 0 aliphatic carbocycles. The van der Waals surface area contributed by atoms with Gasteiger partial charge in [0.25, 0.3) is 10.0 Å². The molecule has 0 saturated heterocycles. The molecule has 0 heterocycles. The second-order valence-corrected chi connectivity index (χ2v) is 9.62. The van der Waals surface area contributed by atoms with E-state index in [0.29, 0.717) is 16.3 Å². The number of sulfonamides is 1. The van der Waals surface area contributed by atoms with E-state index in [9.17, 15) is 18.0 Å². The third-order valence-corrected chi connectivity index (χ3v) is 7.32. The van der Waals surface area contributed by atoms with Crippen molar-refractivity contribution in [3.63, 3.8) is 0 Å². The number of amides is 1. The van der Waals surface area contributed by atoms with Crippen molar-refractivity contribution in [3.8, 4) is 5.75 Å². The molecule has 0 saturated carbocycles. The Morgan fingerprint density at radius 2 is 1.68 bits per heavy atom. The SMILES string of the molecule is COc1ccc(CNC(=O)CN(c2cccc(Cl)c2C)S(=O)(=O)c2ccc(C(=O)O)cc2)cc1. The molecule has 0 bridgehead atoms. The highest BCUT2D eigenvalue weighted by Crippen LogP contribution is 2.31. The zero-order valence-corrected chi connectivity index (χ0v) is 20.1. The van der Waals surface area contributed by atoms with E-state index in [1.807, 2.05) is 0 Å². The Morgan fingerprint density at radius 3 is 2.26 bits per heavy atom. The van der Waals surface area contributed by atoms with Gasteiger partial charge in [-0.25, -0.2) is 13.2 Å². The van der Waals surface area contributed by atoms with Crippen LogP contribution in [0.1, 0.15) is 21.5 Å². The molecule has 0 aliphatic heterocycles. The predicted molar refractivity (Wildman–Crippen MR) is 129 cm³/mol. The largest absolute Gasteiger partial charge is 0.497 e. The number of anilines is 1. The van der Waals surface area contributed by atoms with Gasteiger partial charge in [0, 0.05) is 11.6 Å². The summed E-state index contributed by atoms with van der Waals surface area (Å²) in [5, 5.41) is 12.2. The van der Waals surface area contributed by atoms with Gasteiger partial charge in [0.05, 0.1) is 23.3 Å². The fraction of sp³-hybridized carbons (Fsp3) is 0.167. The van der Waals surface area contributed by atoms with E-state index in [2.05, 4.69) is 5.32 Å². The van der Waals surface area contributed by atoms with E-state index in [-0.39, 0.29) is 22.7 Å². The van der Waals surface area contributed by atoms with Crippen LogP contribution in [-0.4, -0.2) is 39.1 Å². The highest BCUT2D eigenvalue weighted by Gasteiger charge is 2.29. The van der Waals surface area contributed by atoms with E-state index < -0.39 is 28.4 Å². The summed E-state index contributed by atoms with van der Waals surface area (Å²) < 4.78 is 33.1. The fourth-order valence-electron chi connectivity index (χ4n) is 3.19. The molecule has 3 rings (SSSR count). The Morgan fingerprint density at radius 1 is 1.03 bits per heavy atom. The number of hydrogen-bond acceptors (Lipinski definition) is 5. The first-order valence-electron chi connectivity index (χ1n) is 10.1. The van der Waals surface area contributed by atoms with Crippen LogP contribution in [0.2, 0.25) is 5.02 Å². The summed E-state index contributed by atoms with van der Waals surface area (Å²) in [4.78, 5) is 23.8. The van der Waals surface area contributed by atoms with Crippen LogP contribution in [0, 0.1) is 6.92 Å². The first kappa shape index (κ1) is 25.1. The maximum Gasteiger partial charge on any atom is 0.335 e. The molecule has 0 radical (unpaired) electrons. The van der Waals surface area contributed by atoms with Crippen molar-refractivity contribution in [2.45, 2.75) is 18.4 Å². The fourth-order valence-corrected chi connectivity index (χ4v) is 4.84. The zero-order valence-electron chi connectivity index (χ0n) is 18.5. The summed E-state index contributed by atoms with van der Waals surface area (Å²) in [6.07, 6.45) is 0. The van der Waals surface area contributed by atoms with Gasteiger partial charge in [0.2, 0.25) is 5.91 Å². The Kier molecular flexibility index (Phi) is 7.80. The lowest BCUT2D eigenvalue weighted by atomic mass is 10.2. The van der Waals surface area contributed by atoms with Crippen molar-refractivity contribution in [3.05, 3.63) is 88.4 Å². The smallest absolute Gasteiger partial charge is 0.335 e. The third-order valence-electron chi connectivity index (χ3n) is 5.13. The standard InChI is InChI=1S/C24H23ClN2O6S/c1-16-21(25)4-3-5-22(16)27(34(31,32)20-12-8-18(9-13-20)24(29)30)15-23(28)26-14-17-6-10-19(33-2)11-7-17/h3-13H,14-15H2,1-2H3,(H,26,28)(H,29,30). The van der Waals surface area contributed by atoms with Crippen LogP contribution in [0.25, 0.3) is 0 Å². The molecule has 0 spiro atoms. The number of carboxylic acid groups (broad SMARTS) is 1. The van der Waals surface area contributed by atoms with Gasteiger partial charge in [-0.1, -0.05) is 29.8 Å². The lowest BCUT2D eigenvalue weighted by Gasteiger charge is -2.26. The molecule has 0 fully saturated rings. The first-order chi connectivity index (χ1) is 16.1. The van der Waals surface area contributed by atoms with Crippen LogP contribution in [-0.2, 0) is 21.4 Å². The van der Waals surface area contributed by atoms with Gasteiger partial charge in [-0.2, -0.15) is 0 Å². The van der Waals surface area contributed by atoms with Crippen LogP contribution < -0.4 is 14.4 Å². The van der Waals surface area contributed by atoms with Crippen molar-refractivity contribution in [1.82, 2.24) is 5.32 Å². The lowest BCUT2D eigenvalue weighted by molar-refractivity contribution is -0.119. The molecule has 3 aromatic rings. The number of ether oxygens (including phenoxy) is 1. The molecule has 0 aromatic heterocycles. The van der Waals surface area contributed by atoms with Crippen LogP contribution in [0.5, 0.6) is 5.75 Å². The van der Waals surface area contributed by atoms with Gasteiger partial charge >= 0.3 is 5.97 Å². The second-order valence-electron chi connectivity index (χ2n) is 7.35. The van der Waals surface area contributed by atoms with Crippen molar-refractivity contribution in [2.24, 2.45) is 0 Å². The maximum atomic E-state index is 13.5. The van der Waals surface area contributed by atoms with Crippen LogP contribution >= 0.6 is 11.6 Å². The zero-order chi connectivity index (χ0) is 24.9. The Labute approximate surface area is 202 Å². The summed E-state index contributed by atoms with van der Waals surface area (Å²) in [5.41, 5.74) is 1.49. The van der Waals surface area contributed by atoms with Crippen LogP contribution in [0.15, 0.2) is 71.6 Å². The number of methoxy groups -OCH3 is 1. The average molecular weight is 503 g/mol. The van der Waals surface area contributed by atoms with Crippen molar-refractivity contribution < 1.29 is 27.9 Å². The third kappa shape index (κ3) is 5.67. The number of hydrogen-bond donors (Lipinski definition) is 2. The number of benzene rings is 3. The highest BCUT2D eigenvalue weighted by molar-refractivity contribution is 7.92. The van der Waals surface area contributed by atoms with E-state index >= 15 is 0 Å². The number of carbonyl (C=O) groups is 2. The van der Waals surface area contributed by atoms with Gasteiger partial charge in [0.15, 0.2) is 0 Å². The molecule has 2 N–H and O–H groups in total. The minimum atomic E-state index is -4.22. The summed E-state index contributed by atoms with van der Waals surface area (Å²) in [7, 11) is -2.66. The number of rotatable bonds is 9. The second kappa shape index (κ2) is 10.6. The molecule has 178 valence electrons. The topological polar surface area (TPSA) is 113 Å². The van der Waals surface area contributed by atoms with Crippen LogP contribution in [0.3, 0.4) is 0 Å². The van der Waals surface area contributed by atoms with E-state index in [0.717, 1.165) is 9.87 Å². The maximum absolute atomic E-state index is 13.5. The van der Waals surface area contributed by atoms with Gasteiger partial charge in [-0.3, -0.25) is 9.10 Å². The van der Waals surface area contributed by atoms with Crippen molar-refractivity contribution >= 4 is 39.2 Å². The summed E-state index contributed by atoms with van der Waals surface area (Å²) in [5.74, 6) is -1.02. The van der Waals surface area contributed by atoms with Crippen molar-refractivity contribution in [2.75, 3.05) is 18.0 Å². The lowest BCUT2D eigenvalue weighted by Crippen LogP contribution is -2.41. The van der Waals surface area contributed by atoms with Crippen LogP contribution in [0.4, 0.5) is 5.69 Å². The highest BCUT2D eigenvalue weighted by atomic mass is 35.5. The van der Waals surface area contributed by atoms with Gasteiger partial charge in [-0.05, 0) is 66.6 Å². The molecule has 0 aliphatic rings. The summed E-state index contributed by atoms with van der Waals surface area (Å²) >= 11 is 6.21. The Bertz CT molecular complexity index is 1290. The van der Waals surface area contributed by atoms with E-state index in [1.165, 1.54) is 24.3 Å². The summed E-state index contributed by atoms with van der Waals surface area (Å²) in [6, 6.07) is 16.7. The molecule has 10 heteroatoms. The van der Waals surface area contributed by atoms with E-state index in [4.69, 9.17) is 21.4 Å². The molecule has 0 atom stereocenters. The number of nitrogens with one attached hydrogen (secondary N) is 1. The molecule has 8 nitrogen and oxygen atoms in total. The molecule has 1 amide bonds. The first-order valence-corrected chi connectivity index (χ1v) is 12.0.